The fourth-order valence-electron chi connectivity index (χ4n) is 3.71. The molecule has 31 heavy (non-hydrogen) atoms. The number of fused-ring (bicyclic) bond motifs is 1. The van der Waals surface area contributed by atoms with Crippen LogP contribution >= 0.6 is 0 Å². The molecule has 2 aliphatic heterocycles. The summed E-state index contributed by atoms with van der Waals surface area (Å²) in [6, 6.07) is 6.48. The first-order valence-corrected chi connectivity index (χ1v) is 9.62. The SMILES string of the molecule is O=C(NC1CCN(C(=O)CN2C(=O)c3ccc([N+](=O)[O-])cc3C2=O)CC1)c1ccco1. The number of nitrogens with zero attached hydrogens (tertiary/aromatic N) is 3. The van der Waals surface area contributed by atoms with E-state index in [-0.39, 0.29) is 34.5 Å². The van der Waals surface area contributed by atoms with Gasteiger partial charge in [0.05, 0.1) is 22.3 Å². The van der Waals surface area contributed by atoms with Crippen molar-refractivity contribution in [2.45, 2.75) is 18.9 Å². The maximum Gasteiger partial charge on any atom is 0.287 e. The number of rotatable bonds is 5. The number of imide groups is 1. The Morgan fingerprint density at radius 1 is 1.13 bits per heavy atom. The Morgan fingerprint density at radius 2 is 1.84 bits per heavy atom. The van der Waals surface area contributed by atoms with Gasteiger partial charge in [0.2, 0.25) is 5.91 Å². The van der Waals surface area contributed by atoms with Crippen molar-refractivity contribution in [1.29, 1.82) is 0 Å². The summed E-state index contributed by atoms with van der Waals surface area (Å²) < 4.78 is 5.05. The average Bonchev–Trinajstić information content (AvgIpc) is 3.38. The molecule has 1 saturated heterocycles. The zero-order valence-corrected chi connectivity index (χ0v) is 16.3. The number of hydrogen-bond acceptors (Lipinski definition) is 7. The lowest BCUT2D eigenvalue weighted by Crippen LogP contribution is -2.49. The van der Waals surface area contributed by atoms with Crippen LogP contribution in [-0.4, -0.2) is 64.0 Å². The lowest BCUT2D eigenvalue weighted by molar-refractivity contribution is -0.384. The Morgan fingerprint density at radius 3 is 2.48 bits per heavy atom. The van der Waals surface area contributed by atoms with E-state index < -0.39 is 29.2 Å². The zero-order valence-electron chi connectivity index (χ0n) is 16.3. The zero-order chi connectivity index (χ0) is 22.1. The molecule has 0 bridgehead atoms. The fraction of sp³-hybridized carbons (Fsp3) is 0.300. The molecule has 2 aromatic rings. The highest BCUT2D eigenvalue weighted by molar-refractivity contribution is 6.22. The molecule has 11 nitrogen and oxygen atoms in total. The third-order valence-electron chi connectivity index (χ3n) is 5.39. The molecule has 0 spiro atoms. The first-order valence-electron chi connectivity index (χ1n) is 9.62. The van der Waals surface area contributed by atoms with Crippen molar-refractivity contribution in [2.24, 2.45) is 0 Å². The smallest absolute Gasteiger partial charge is 0.287 e. The number of nitro groups is 1. The van der Waals surface area contributed by atoms with Crippen molar-refractivity contribution in [1.82, 2.24) is 15.1 Å². The number of amides is 4. The second-order valence-electron chi connectivity index (χ2n) is 7.29. The number of nitrogens with one attached hydrogen (secondary N) is 1. The second-order valence-corrected chi connectivity index (χ2v) is 7.29. The Balaban J connectivity index is 1.34. The van der Waals surface area contributed by atoms with Gasteiger partial charge in [0, 0.05) is 31.3 Å². The predicted octanol–water partition coefficient (Wildman–Crippen LogP) is 1.20. The molecule has 1 N–H and O–H groups in total. The lowest BCUT2D eigenvalue weighted by atomic mass is 10.0. The summed E-state index contributed by atoms with van der Waals surface area (Å²) in [5.41, 5.74) is -0.333. The highest BCUT2D eigenvalue weighted by Gasteiger charge is 2.39. The summed E-state index contributed by atoms with van der Waals surface area (Å²) in [5, 5.41) is 13.8. The number of non-ortho nitro benzene ring substituents is 1. The fourth-order valence-corrected chi connectivity index (χ4v) is 3.71. The van der Waals surface area contributed by atoms with E-state index in [2.05, 4.69) is 5.32 Å². The highest BCUT2D eigenvalue weighted by Crippen LogP contribution is 2.27. The van der Waals surface area contributed by atoms with E-state index in [4.69, 9.17) is 4.42 Å². The number of benzene rings is 1. The first-order chi connectivity index (χ1) is 14.8. The summed E-state index contributed by atoms with van der Waals surface area (Å²) in [6.45, 7) is 0.275. The topological polar surface area (TPSA) is 143 Å². The standard InChI is InChI=1S/C20H18N4O7/c25-17(22-7-5-12(6-8-22)21-18(26)16-2-1-9-31-16)11-23-19(27)14-4-3-13(24(29)30)10-15(14)20(23)28/h1-4,9-10,12H,5-8,11H2,(H,21,26). The maximum absolute atomic E-state index is 12.7. The van der Waals surface area contributed by atoms with Crippen LogP contribution in [0.1, 0.15) is 44.1 Å². The van der Waals surface area contributed by atoms with E-state index in [9.17, 15) is 29.3 Å². The molecule has 3 heterocycles. The summed E-state index contributed by atoms with van der Waals surface area (Å²) in [5.74, 6) is -1.89. The van der Waals surface area contributed by atoms with Crippen LogP contribution in [0.5, 0.6) is 0 Å². The Bertz CT molecular complexity index is 1070. The summed E-state index contributed by atoms with van der Waals surface area (Å²) in [6.07, 6.45) is 2.45. The van der Waals surface area contributed by atoms with Crippen LogP contribution in [0, 0.1) is 10.1 Å². The van der Waals surface area contributed by atoms with E-state index in [1.165, 1.54) is 17.2 Å². The molecule has 2 aliphatic rings. The summed E-state index contributed by atoms with van der Waals surface area (Å²) >= 11 is 0. The van der Waals surface area contributed by atoms with Gasteiger partial charge >= 0.3 is 0 Å². The van der Waals surface area contributed by atoms with Crippen molar-refractivity contribution < 1.29 is 28.5 Å². The molecule has 0 saturated carbocycles. The predicted molar refractivity (Wildman–Crippen MR) is 104 cm³/mol. The Labute approximate surface area is 175 Å². The third-order valence-corrected chi connectivity index (χ3v) is 5.39. The van der Waals surface area contributed by atoms with Crippen LogP contribution in [0.15, 0.2) is 41.0 Å². The molecule has 160 valence electrons. The van der Waals surface area contributed by atoms with E-state index >= 15 is 0 Å². The molecule has 11 heteroatoms. The third kappa shape index (κ3) is 3.89. The molecule has 1 aromatic heterocycles. The van der Waals surface area contributed by atoms with Gasteiger partial charge in [-0.2, -0.15) is 0 Å². The van der Waals surface area contributed by atoms with E-state index in [1.807, 2.05) is 0 Å². The van der Waals surface area contributed by atoms with E-state index in [0.717, 1.165) is 17.0 Å². The van der Waals surface area contributed by atoms with Crippen LogP contribution in [0.4, 0.5) is 5.69 Å². The molecule has 4 rings (SSSR count). The van der Waals surface area contributed by atoms with Gasteiger partial charge < -0.3 is 14.6 Å². The minimum Gasteiger partial charge on any atom is -0.459 e. The lowest BCUT2D eigenvalue weighted by Gasteiger charge is -2.33. The van der Waals surface area contributed by atoms with Gasteiger partial charge in [-0.1, -0.05) is 0 Å². The van der Waals surface area contributed by atoms with Gasteiger partial charge in [-0.25, -0.2) is 0 Å². The van der Waals surface area contributed by atoms with Gasteiger partial charge in [0.25, 0.3) is 23.4 Å². The quantitative estimate of drug-likeness (QED) is 0.430. The van der Waals surface area contributed by atoms with Gasteiger partial charge in [-0.15, -0.1) is 0 Å². The molecule has 1 fully saturated rings. The van der Waals surface area contributed by atoms with Gasteiger partial charge in [0.15, 0.2) is 5.76 Å². The number of piperidine rings is 1. The van der Waals surface area contributed by atoms with Crippen molar-refractivity contribution in [3.05, 3.63) is 63.6 Å². The maximum atomic E-state index is 12.7. The second kappa shape index (κ2) is 8.01. The molecule has 1 aromatic carbocycles. The highest BCUT2D eigenvalue weighted by atomic mass is 16.6. The number of nitro benzene ring substituents is 1. The van der Waals surface area contributed by atoms with E-state index in [1.54, 1.807) is 12.1 Å². The normalized spacial score (nSPS) is 16.4. The minimum absolute atomic E-state index is 0.0442. The van der Waals surface area contributed by atoms with Crippen LogP contribution in [-0.2, 0) is 4.79 Å². The summed E-state index contributed by atoms with van der Waals surface area (Å²) in [4.78, 5) is 62.4. The van der Waals surface area contributed by atoms with Crippen LogP contribution < -0.4 is 5.32 Å². The Hall–Kier alpha value is -4.02. The van der Waals surface area contributed by atoms with Gasteiger partial charge in [0.1, 0.15) is 6.54 Å². The van der Waals surface area contributed by atoms with Crippen molar-refractivity contribution in [3.8, 4) is 0 Å². The molecule has 4 amide bonds. The number of carbonyl (C=O) groups excluding carboxylic acids is 4. The monoisotopic (exact) mass is 426 g/mol. The molecule has 0 unspecified atom stereocenters. The molecule has 0 aliphatic carbocycles. The van der Waals surface area contributed by atoms with Crippen molar-refractivity contribution in [2.75, 3.05) is 19.6 Å². The minimum atomic E-state index is -0.724. The number of hydrogen-bond donors (Lipinski definition) is 1. The molecule has 0 atom stereocenters. The first kappa shape index (κ1) is 20.3. The van der Waals surface area contributed by atoms with Gasteiger partial charge in [-0.05, 0) is 31.0 Å². The largest absolute Gasteiger partial charge is 0.459 e. The number of likely N-dealkylation sites (tertiary alicyclic amines) is 1. The molecular weight excluding hydrogens is 408 g/mol. The summed E-state index contributed by atoms with van der Waals surface area (Å²) in [7, 11) is 0. The average molecular weight is 426 g/mol. The number of carbonyl (C=O) groups is 4. The van der Waals surface area contributed by atoms with Crippen molar-refractivity contribution in [3.63, 3.8) is 0 Å². The van der Waals surface area contributed by atoms with Crippen LogP contribution in [0.25, 0.3) is 0 Å². The van der Waals surface area contributed by atoms with E-state index in [0.29, 0.717) is 25.9 Å². The molecule has 0 radical (unpaired) electrons. The number of furan rings is 1. The molecular formula is C20H18N4O7. The van der Waals surface area contributed by atoms with Crippen LogP contribution in [0.3, 0.4) is 0 Å². The van der Waals surface area contributed by atoms with Crippen molar-refractivity contribution >= 4 is 29.3 Å². The Kier molecular flexibility index (Phi) is 5.24. The van der Waals surface area contributed by atoms with Crippen LogP contribution in [0.2, 0.25) is 0 Å². The van der Waals surface area contributed by atoms with Gasteiger partial charge in [-0.3, -0.25) is 34.2 Å².